The second-order valence-corrected chi connectivity index (χ2v) is 4.88. The number of hydrazine groups is 1. The minimum absolute atomic E-state index is 0.396. The molecule has 1 unspecified atom stereocenters. The maximum absolute atomic E-state index is 13.3. The van der Waals surface area contributed by atoms with Crippen LogP contribution in [0.2, 0.25) is 10.0 Å². The molecule has 0 amide bonds. The van der Waals surface area contributed by atoms with Gasteiger partial charge in [0.15, 0.2) is 0 Å². The van der Waals surface area contributed by atoms with Crippen molar-refractivity contribution < 1.29 is 4.39 Å². The molecule has 2 aromatic rings. The molecule has 6 heteroatoms. The molecule has 0 aliphatic carbocycles. The van der Waals surface area contributed by atoms with Crippen molar-refractivity contribution in [2.45, 2.75) is 6.04 Å². The Labute approximate surface area is 120 Å². The number of nitrogens with two attached hydrogens (primary N) is 2. The van der Waals surface area contributed by atoms with E-state index in [0.717, 1.165) is 0 Å². The van der Waals surface area contributed by atoms with Crippen molar-refractivity contribution in [1.29, 1.82) is 0 Å². The lowest BCUT2D eigenvalue weighted by molar-refractivity contribution is 0.606. The summed E-state index contributed by atoms with van der Waals surface area (Å²) in [5.41, 5.74) is 10.1. The van der Waals surface area contributed by atoms with Gasteiger partial charge in [0.1, 0.15) is 5.82 Å². The Morgan fingerprint density at radius 1 is 1.05 bits per heavy atom. The summed E-state index contributed by atoms with van der Waals surface area (Å²) in [6.45, 7) is 0. The third-order valence-corrected chi connectivity index (χ3v) is 3.37. The van der Waals surface area contributed by atoms with Crippen molar-refractivity contribution in [3.63, 3.8) is 0 Å². The van der Waals surface area contributed by atoms with E-state index in [1.165, 1.54) is 18.2 Å². The van der Waals surface area contributed by atoms with E-state index in [0.29, 0.717) is 26.9 Å². The SMILES string of the molecule is NNC(c1ccc(Cl)cc1N)c1cc(F)ccc1Cl. The van der Waals surface area contributed by atoms with Gasteiger partial charge in [-0.05, 0) is 41.5 Å². The van der Waals surface area contributed by atoms with Crippen LogP contribution in [0.5, 0.6) is 0 Å². The van der Waals surface area contributed by atoms with Crippen LogP contribution in [0.3, 0.4) is 0 Å². The number of nitrogen functional groups attached to an aromatic ring is 1. The third kappa shape index (κ3) is 2.98. The van der Waals surface area contributed by atoms with Crippen LogP contribution in [0.25, 0.3) is 0 Å². The lowest BCUT2D eigenvalue weighted by Gasteiger charge is -2.20. The van der Waals surface area contributed by atoms with E-state index in [2.05, 4.69) is 5.43 Å². The van der Waals surface area contributed by atoms with Crippen molar-refractivity contribution >= 4 is 28.9 Å². The molecule has 19 heavy (non-hydrogen) atoms. The van der Waals surface area contributed by atoms with Crippen molar-refractivity contribution in [2.24, 2.45) is 5.84 Å². The quantitative estimate of drug-likeness (QED) is 0.463. The summed E-state index contributed by atoms with van der Waals surface area (Å²) in [4.78, 5) is 0. The Hall–Kier alpha value is -1.33. The van der Waals surface area contributed by atoms with E-state index >= 15 is 0 Å². The Bertz CT molecular complexity index is 604. The maximum atomic E-state index is 13.3. The molecule has 0 heterocycles. The first-order chi connectivity index (χ1) is 9.02. The van der Waals surface area contributed by atoms with Crippen LogP contribution in [0.4, 0.5) is 10.1 Å². The number of nitrogens with one attached hydrogen (secondary N) is 1. The molecule has 0 spiro atoms. The van der Waals surface area contributed by atoms with Gasteiger partial charge in [0.2, 0.25) is 0 Å². The topological polar surface area (TPSA) is 64.1 Å². The fourth-order valence-electron chi connectivity index (χ4n) is 1.89. The van der Waals surface area contributed by atoms with Gasteiger partial charge in [-0.15, -0.1) is 0 Å². The summed E-state index contributed by atoms with van der Waals surface area (Å²) in [7, 11) is 0. The zero-order chi connectivity index (χ0) is 14.0. The first-order valence-electron chi connectivity index (χ1n) is 5.49. The lowest BCUT2D eigenvalue weighted by Crippen LogP contribution is -2.29. The highest BCUT2D eigenvalue weighted by atomic mass is 35.5. The number of rotatable bonds is 3. The highest BCUT2D eigenvalue weighted by molar-refractivity contribution is 6.31. The molecule has 2 aromatic carbocycles. The Morgan fingerprint density at radius 3 is 2.42 bits per heavy atom. The summed E-state index contributed by atoms with van der Waals surface area (Å²) in [6.07, 6.45) is 0. The molecule has 0 saturated heterocycles. The molecule has 3 nitrogen and oxygen atoms in total. The van der Waals surface area contributed by atoms with Crippen molar-refractivity contribution in [3.8, 4) is 0 Å². The average molecular weight is 300 g/mol. The molecule has 0 fully saturated rings. The molecule has 2 rings (SSSR count). The first kappa shape index (κ1) is 14.1. The van der Waals surface area contributed by atoms with Gasteiger partial charge in [-0.3, -0.25) is 5.84 Å². The third-order valence-electron chi connectivity index (χ3n) is 2.80. The zero-order valence-electron chi connectivity index (χ0n) is 9.83. The number of halogens is 3. The number of benzene rings is 2. The highest BCUT2D eigenvalue weighted by Gasteiger charge is 2.18. The predicted octanol–water partition coefficient (Wildman–Crippen LogP) is 3.27. The van der Waals surface area contributed by atoms with Crippen molar-refractivity contribution in [1.82, 2.24) is 5.43 Å². The Kier molecular flexibility index (Phi) is 4.27. The predicted molar refractivity (Wildman–Crippen MR) is 76.4 cm³/mol. The Balaban J connectivity index is 2.52. The van der Waals surface area contributed by atoms with Gasteiger partial charge in [-0.25, -0.2) is 9.82 Å². The van der Waals surface area contributed by atoms with Gasteiger partial charge in [0.25, 0.3) is 0 Å². The molecular formula is C13H12Cl2FN3. The molecule has 0 saturated carbocycles. The fourth-order valence-corrected chi connectivity index (χ4v) is 2.30. The highest BCUT2D eigenvalue weighted by Crippen LogP contribution is 2.32. The van der Waals surface area contributed by atoms with Crippen LogP contribution in [-0.4, -0.2) is 0 Å². The van der Waals surface area contributed by atoms with E-state index in [4.69, 9.17) is 34.8 Å². The molecule has 0 aromatic heterocycles. The van der Waals surface area contributed by atoms with Gasteiger partial charge < -0.3 is 5.73 Å². The zero-order valence-corrected chi connectivity index (χ0v) is 11.3. The molecule has 0 bridgehead atoms. The van der Waals surface area contributed by atoms with Crippen LogP contribution in [0, 0.1) is 5.82 Å². The van der Waals surface area contributed by atoms with E-state index in [-0.39, 0.29) is 0 Å². The molecule has 100 valence electrons. The van der Waals surface area contributed by atoms with Crippen LogP contribution < -0.4 is 17.0 Å². The minimum atomic E-state index is -0.513. The second kappa shape index (κ2) is 5.75. The van der Waals surface area contributed by atoms with Crippen LogP contribution in [0.1, 0.15) is 17.2 Å². The van der Waals surface area contributed by atoms with E-state index < -0.39 is 11.9 Å². The van der Waals surface area contributed by atoms with Crippen molar-refractivity contribution in [2.75, 3.05) is 5.73 Å². The largest absolute Gasteiger partial charge is 0.398 e. The average Bonchev–Trinajstić information content (AvgIpc) is 2.36. The maximum Gasteiger partial charge on any atom is 0.123 e. The van der Waals surface area contributed by atoms with Crippen molar-refractivity contribution in [3.05, 3.63) is 63.4 Å². The molecule has 0 aliphatic rings. The normalized spacial score (nSPS) is 12.4. The lowest BCUT2D eigenvalue weighted by atomic mass is 9.97. The van der Waals surface area contributed by atoms with Crippen LogP contribution >= 0.6 is 23.2 Å². The molecule has 0 aliphatic heterocycles. The molecule has 1 atom stereocenters. The van der Waals surface area contributed by atoms with E-state index in [9.17, 15) is 4.39 Å². The van der Waals surface area contributed by atoms with Crippen LogP contribution in [-0.2, 0) is 0 Å². The summed E-state index contributed by atoms with van der Waals surface area (Å²) in [5, 5.41) is 0.918. The smallest absolute Gasteiger partial charge is 0.123 e. The Morgan fingerprint density at radius 2 is 1.79 bits per heavy atom. The second-order valence-electron chi connectivity index (χ2n) is 4.04. The number of hydrogen-bond donors (Lipinski definition) is 3. The van der Waals surface area contributed by atoms with Gasteiger partial charge in [-0.2, -0.15) is 0 Å². The number of hydrogen-bond acceptors (Lipinski definition) is 3. The molecule has 5 N–H and O–H groups in total. The van der Waals surface area contributed by atoms with Gasteiger partial charge >= 0.3 is 0 Å². The molecule has 0 radical (unpaired) electrons. The minimum Gasteiger partial charge on any atom is -0.398 e. The summed E-state index contributed by atoms with van der Waals surface area (Å²) < 4.78 is 13.3. The summed E-state index contributed by atoms with van der Waals surface area (Å²) in [5.74, 6) is 5.15. The fraction of sp³-hybridized carbons (Fsp3) is 0.0769. The first-order valence-corrected chi connectivity index (χ1v) is 6.24. The van der Waals surface area contributed by atoms with Crippen LogP contribution in [0.15, 0.2) is 36.4 Å². The summed E-state index contributed by atoms with van der Waals surface area (Å²) >= 11 is 11.9. The molecular weight excluding hydrogens is 288 g/mol. The summed E-state index contributed by atoms with van der Waals surface area (Å²) in [6, 6.07) is 8.58. The standard InChI is InChI=1S/C13H12Cl2FN3/c14-7-1-3-9(12(17)5-7)13(19-18)10-6-8(16)2-4-11(10)15/h1-6,13,19H,17-18H2. The van der Waals surface area contributed by atoms with Gasteiger partial charge in [-0.1, -0.05) is 29.3 Å². The van der Waals surface area contributed by atoms with E-state index in [1.54, 1.807) is 18.2 Å². The number of anilines is 1. The van der Waals surface area contributed by atoms with E-state index in [1.807, 2.05) is 0 Å². The van der Waals surface area contributed by atoms with Gasteiger partial charge in [0, 0.05) is 15.7 Å². The monoisotopic (exact) mass is 299 g/mol. The van der Waals surface area contributed by atoms with Gasteiger partial charge in [0.05, 0.1) is 6.04 Å².